The first-order chi connectivity index (χ1) is 9.25. The van der Waals surface area contributed by atoms with Crippen LogP contribution in [0.5, 0.6) is 0 Å². The Balaban J connectivity index is 1.70. The highest BCUT2D eigenvalue weighted by atomic mass is 32.1. The van der Waals surface area contributed by atoms with Gasteiger partial charge in [0.2, 0.25) is 5.91 Å². The Kier molecular flexibility index (Phi) is 4.98. The Hall–Kier alpha value is -1.81. The van der Waals surface area contributed by atoms with E-state index in [4.69, 9.17) is 0 Å². The minimum absolute atomic E-state index is 0.0735. The van der Waals surface area contributed by atoms with Crippen molar-refractivity contribution >= 4 is 22.9 Å². The Labute approximate surface area is 117 Å². The summed E-state index contributed by atoms with van der Waals surface area (Å²) in [7, 11) is 0. The van der Waals surface area contributed by atoms with Gasteiger partial charge in [0.1, 0.15) is 0 Å². The Morgan fingerprint density at radius 1 is 1.21 bits per heavy atom. The fourth-order valence-corrected chi connectivity index (χ4v) is 2.53. The van der Waals surface area contributed by atoms with E-state index in [9.17, 15) is 4.79 Å². The van der Waals surface area contributed by atoms with Gasteiger partial charge in [-0.15, -0.1) is 11.3 Å². The summed E-state index contributed by atoms with van der Waals surface area (Å²) < 4.78 is 0. The van der Waals surface area contributed by atoms with E-state index >= 15 is 0 Å². The molecule has 0 bridgehead atoms. The van der Waals surface area contributed by atoms with E-state index in [1.54, 1.807) is 11.3 Å². The van der Waals surface area contributed by atoms with Crippen LogP contribution in [0.2, 0.25) is 0 Å². The van der Waals surface area contributed by atoms with Crippen LogP contribution in [0, 0.1) is 0 Å². The van der Waals surface area contributed by atoms with Crippen LogP contribution in [0.4, 0.5) is 5.69 Å². The fraction of sp³-hybridized carbons (Fsp3) is 0.267. The molecule has 1 heterocycles. The average molecular weight is 274 g/mol. The second-order valence-electron chi connectivity index (χ2n) is 4.35. The summed E-state index contributed by atoms with van der Waals surface area (Å²) in [5, 5.41) is 8.25. The fourth-order valence-electron chi connectivity index (χ4n) is 1.80. The number of carbonyl (C=O) groups is 1. The van der Waals surface area contributed by atoms with Gasteiger partial charge in [-0.3, -0.25) is 4.79 Å². The van der Waals surface area contributed by atoms with Gasteiger partial charge in [0.05, 0.1) is 6.04 Å². The van der Waals surface area contributed by atoms with Gasteiger partial charge in [-0.1, -0.05) is 24.3 Å². The molecule has 1 atom stereocenters. The number of nitrogens with one attached hydrogen (secondary N) is 2. The van der Waals surface area contributed by atoms with Gasteiger partial charge < -0.3 is 10.6 Å². The van der Waals surface area contributed by atoms with Gasteiger partial charge in [-0.05, 0) is 30.5 Å². The van der Waals surface area contributed by atoms with Crippen LogP contribution in [-0.2, 0) is 4.79 Å². The molecule has 19 heavy (non-hydrogen) atoms. The lowest BCUT2D eigenvalue weighted by Crippen LogP contribution is -2.27. The lowest BCUT2D eigenvalue weighted by molar-refractivity contribution is -0.121. The molecule has 2 aromatic rings. The second-order valence-corrected chi connectivity index (χ2v) is 5.33. The molecular formula is C15H18N2OS. The van der Waals surface area contributed by atoms with Crippen molar-refractivity contribution in [2.24, 2.45) is 0 Å². The molecular weight excluding hydrogens is 256 g/mol. The number of hydrogen-bond acceptors (Lipinski definition) is 3. The first kappa shape index (κ1) is 13.6. The number of carbonyl (C=O) groups excluding carboxylic acids is 1. The zero-order valence-corrected chi connectivity index (χ0v) is 11.7. The largest absolute Gasteiger partial charge is 0.385 e. The number of rotatable bonds is 6. The van der Waals surface area contributed by atoms with E-state index in [2.05, 4.69) is 10.6 Å². The molecule has 1 aromatic heterocycles. The zero-order valence-electron chi connectivity index (χ0n) is 10.9. The monoisotopic (exact) mass is 274 g/mol. The van der Waals surface area contributed by atoms with E-state index in [0.29, 0.717) is 13.0 Å². The molecule has 1 amide bonds. The highest BCUT2D eigenvalue weighted by molar-refractivity contribution is 7.10. The minimum Gasteiger partial charge on any atom is -0.385 e. The molecule has 0 aliphatic heterocycles. The summed E-state index contributed by atoms with van der Waals surface area (Å²) >= 11 is 1.66. The number of amides is 1. The summed E-state index contributed by atoms with van der Waals surface area (Å²) in [5.74, 6) is 0.0735. The Morgan fingerprint density at radius 3 is 2.68 bits per heavy atom. The topological polar surface area (TPSA) is 41.1 Å². The number of hydrogen-bond donors (Lipinski definition) is 2. The van der Waals surface area contributed by atoms with Gasteiger partial charge in [0.25, 0.3) is 0 Å². The maximum absolute atomic E-state index is 11.8. The smallest absolute Gasteiger partial charge is 0.222 e. The third kappa shape index (κ3) is 4.41. The summed E-state index contributed by atoms with van der Waals surface area (Å²) in [6.07, 6.45) is 0.477. The van der Waals surface area contributed by atoms with Crippen LogP contribution in [0.3, 0.4) is 0 Å². The van der Waals surface area contributed by atoms with Crippen LogP contribution in [0.1, 0.15) is 24.3 Å². The van der Waals surface area contributed by atoms with E-state index in [1.807, 2.05) is 54.8 Å². The molecule has 0 fully saturated rings. The number of para-hydroxylation sites is 1. The van der Waals surface area contributed by atoms with Crippen molar-refractivity contribution in [2.45, 2.75) is 19.4 Å². The summed E-state index contributed by atoms with van der Waals surface area (Å²) in [6.45, 7) is 2.65. The van der Waals surface area contributed by atoms with Gasteiger partial charge in [-0.2, -0.15) is 0 Å². The van der Waals surface area contributed by atoms with Gasteiger partial charge in [0.15, 0.2) is 0 Å². The number of thiophene rings is 1. The highest BCUT2D eigenvalue weighted by Gasteiger charge is 2.09. The van der Waals surface area contributed by atoms with Crippen LogP contribution in [0.15, 0.2) is 47.8 Å². The predicted molar refractivity (Wildman–Crippen MR) is 80.4 cm³/mol. The lowest BCUT2D eigenvalue weighted by atomic mass is 10.2. The summed E-state index contributed by atoms with van der Waals surface area (Å²) in [4.78, 5) is 13.0. The van der Waals surface area contributed by atoms with Crippen LogP contribution >= 0.6 is 11.3 Å². The molecule has 0 unspecified atom stereocenters. The van der Waals surface area contributed by atoms with Crippen molar-refractivity contribution in [3.8, 4) is 0 Å². The van der Waals surface area contributed by atoms with Gasteiger partial charge >= 0.3 is 0 Å². The number of benzene rings is 1. The van der Waals surface area contributed by atoms with Crippen molar-refractivity contribution < 1.29 is 4.79 Å². The van der Waals surface area contributed by atoms with Crippen molar-refractivity contribution in [2.75, 3.05) is 11.9 Å². The zero-order chi connectivity index (χ0) is 13.5. The maximum atomic E-state index is 11.8. The van der Waals surface area contributed by atoms with Crippen LogP contribution in [0.25, 0.3) is 0 Å². The van der Waals surface area contributed by atoms with Crippen molar-refractivity contribution in [3.63, 3.8) is 0 Å². The maximum Gasteiger partial charge on any atom is 0.222 e. The average Bonchev–Trinajstić information content (AvgIpc) is 2.94. The summed E-state index contributed by atoms with van der Waals surface area (Å²) in [6, 6.07) is 14.0. The Morgan fingerprint density at radius 2 is 2.00 bits per heavy atom. The molecule has 0 aliphatic rings. The molecule has 0 spiro atoms. The third-order valence-electron chi connectivity index (χ3n) is 2.80. The highest BCUT2D eigenvalue weighted by Crippen LogP contribution is 2.17. The molecule has 3 nitrogen and oxygen atoms in total. The lowest BCUT2D eigenvalue weighted by Gasteiger charge is -2.12. The molecule has 0 radical (unpaired) electrons. The summed E-state index contributed by atoms with van der Waals surface area (Å²) in [5.41, 5.74) is 1.04. The van der Waals surface area contributed by atoms with Gasteiger partial charge in [-0.25, -0.2) is 0 Å². The van der Waals surface area contributed by atoms with Crippen LogP contribution < -0.4 is 10.6 Å². The molecule has 2 rings (SSSR count). The van der Waals surface area contributed by atoms with Crippen molar-refractivity contribution in [1.82, 2.24) is 5.32 Å². The molecule has 2 N–H and O–H groups in total. The molecule has 0 saturated heterocycles. The predicted octanol–water partition coefficient (Wildman–Crippen LogP) is 3.43. The van der Waals surface area contributed by atoms with Crippen LogP contribution in [-0.4, -0.2) is 12.5 Å². The third-order valence-corrected chi connectivity index (χ3v) is 3.86. The molecule has 1 aromatic carbocycles. The first-order valence-electron chi connectivity index (χ1n) is 6.37. The number of anilines is 1. The van der Waals surface area contributed by atoms with E-state index in [1.165, 1.54) is 4.88 Å². The first-order valence-corrected chi connectivity index (χ1v) is 7.25. The second kappa shape index (κ2) is 6.95. The van der Waals surface area contributed by atoms with Gasteiger partial charge in [0, 0.05) is 23.5 Å². The van der Waals surface area contributed by atoms with E-state index < -0.39 is 0 Å². The van der Waals surface area contributed by atoms with Crippen molar-refractivity contribution in [3.05, 3.63) is 52.7 Å². The normalized spacial score (nSPS) is 11.8. The Bertz CT molecular complexity index is 496. The molecule has 0 aliphatic carbocycles. The van der Waals surface area contributed by atoms with E-state index in [0.717, 1.165) is 5.69 Å². The molecule has 100 valence electrons. The SMILES string of the molecule is C[C@H](NC(=O)CCNc1ccccc1)c1cccs1. The molecule has 0 saturated carbocycles. The minimum atomic E-state index is 0.0735. The quantitative estimate of drug-likeness (QED) is 0.847. The van der Waals surface area contributed by atoms with Crippen molar-refractivity contribution in [1.29, 1.82) is 0 Å². The molecule has 4 heteroatoms. The van der Waals surface area contributed by atoms with E-state index in [-0.39, 0.29) is 11.9 Å². The standard InChI is InChI=1S/C15H18N2OS/c1-12(14-8-5-11-19-14)17-15(18)9-10-16-13-6-3-2-4-7-13/h2-8,11-12,16H,9-10H2,1H3,(H,17,18)/t12-/m0/s1.